The Morgan fingerprint density at radius 2 is 0.989 bits per heavy atom. The molecular weight excluding hydrogens is 1240 g/mol. The maximum Gasteiger partial charge on any atom is 0.187 e. The van der Waals surface area contributed by atoms with E-state index in [9.17, 15) is 91.9 Å². The lowest BCUT2D eigenvalue weighted by Gasteiger charge is -2.71. The van der Waals surface area contributed by atoms with Gasteiger partial charge in [-0.3, -0.25) is 0 Å². The molecule has 10 aliphatic rings. The summed E-state index contributed by atoms with van der Waals surface area (Å²) >= 11 is 0. The van der Waals surface area contributed by atoms with Gasteiger partial charge < -0.3 is 149 Å². The van der Waals surface area contributed by atoms with Crippen LogP contribution >= 0.6 is 0 Å². The first kappa shape index (κ1) is 74.2. The predicted molar refractivity (Wildman–Crippen MR) is 313 cm³/mol. The van der Waals surface area contributed by atoms with Crippen LogP contribution < -0.4 is 0 Å². The Bertz CT molecular complexity index is 2480. The highest BCUT2D eigenvalue weighted by Gasteiger charge is 2.72. The van der Waals surface area contributed by atoms with Crippen molar-refractivity contribution >= 4 is 0 Å². The summed E-state index contributed by atoms with van der Waals surface area (Å²) in [5.41, 5.74) is -1.95. The van der Waals surface area contributed by atoms with Crippen molar-refractivity contribution in [1.82, 2.24) is 0 Å². The van der Waals surface area contributed by atoms with Crippen LogP contribution in [0, 0.1) is 45.3 Å². The Morgan fingerprint density at radius 1 is 0.484 bits per heavy atom. The minimum atomic E-state index is -1.90. The van der Waals surface area contributed by atoms with Crippen molar-refractivity contribution in [3.63, 3.8) is 0 Å². The average molecular weight is 1340 g/mol. The van der Waals surface area contributed by atoms with Gasteiger partial charge in [-0.1, -0.05) is 46.3 Å². The smallest absolute Gasteiger partial charge is 0.187 e. The van der Waals surface area contributed by atoms with E-state index in [4.69, 9.17) is 56.8 Å². The molecule has 0 aromatic carbocycles. The fourth-order valence-electron chi connectivity index (χ4n) is 18.3. The van der Waals surface area contributed by atoms with Crippen LogP contribution in [0.15, 0.2) is 11.6 Å². The molecule has 0 bridgehead atoms. The number of hydrogen-bond donors (Lipinski definition) is 18. The molecule has 10 fully saturated rings. The van der Waals surface area contributed by atoms with Gasteiger partial charge in [-0.05, 0) is 124 Å². The topological polar surface area (TPSA) is 475 Å². The van der Waals surface area contributed by atoms with Gasteiger partial charge >= 0.3 is 0 Å². The van der Waals surface area contributed by atoms with Crippen molar-refractivity contribution in [1.29, 1.82) is 0 Å². The minimum absolute atomic E-state index is 0.0258. The molecule has 93 heavy (non-hydrogen) atoms. The highest BCUT2D eigenvalue weighted by molar-refractivity contribution is 5.21. The quantitative estimate of drug-likeness (QED) is 0.0427. The predicted octanol–water partition coefficient (Wildman–Crippen LogP) is -4.64. The number of aliphatic hydroxyl groups is 18. The second kappa shape index (κ2) is 28.9. The fourth-order valence-corrected chi connectivity index (χ4v) is 18.3. The fraction of sp³-hybridized carbons (Fsp3) is 0.968. The molecule has 37 atom stereocenters. The van der Waals surface area contributed by atoms with Crippen molar-refractivity contribution < 1.29 is 149 Å². The van der Waals surface area contributed by atoms with Crippen LogP contribution in [0.3, 0.4) is 0 Å². The number of aliphatic hydroxyl groups excluding tert-OH is 18. The van der Waals surface area contributed by atoms with Gasteiger partial charge in [0, 0.05) is 0 Å². The van der Waals surface area contributed by atoms with Crippen LogP contribution in [-0.4, -0.2) is 315 Å². The molecule has 0 aromatic rings. The third-order valence-corrected chi connectivity index (χ3v) is 24.0. The first-order valence-corrected chi connectivity index (χ1v) is 33.1. The zero-order valence-corrected chi connectivity index (χ0v) is 54.2. The average Bonchev–Trinajstić information content (AvgIpc) is 1.65. The van der Waals surface area contributed by atoms with E-state index in [-0.39, 0.29) is 42.3 Å². The highest BCUT2D eigenvalue weighted by Crippen LogP contribution is 2.76. The van der Waals surface area contributed by atoms with Crippen molar-refractivity contribution in [2.24, 2.45) is 45.3 Å². The van der Waals surface area contributed by atoms with Gasteiger partial charge in [-0.2, -0.15) is 0 Å². The van der Waals surface area contributed by atoms with E-state index >= 15 is 0 Å². The molecule has 0 aromatic heterocycles. The molecule has 4 aliphatic carbocycles. The standard InChI is InChI=1S/C63H106O30/c1-25(2)10-9-14-63(8,93-56-50(81)44(75)42(73)32(89-56)23-84-53-49(80)43(74)33(24-85-53)88-54-47(78)38(69)28(67)21-82-54)26-11-16-62(7)37(26)27(66)18-35-60(5)15-13-36(59(3,4)34(60)12-17-61(35,62)6)90-57-51(45(76)40(71)30(19-64)86-57)92-58-52(46(77)41(72)31(20-65)87-58)91-55-48(79)39(70)29(68)22-83-55/h10,26-58,64-81H,9,11-24H2,1-8H3/t26-,27+,28+,29+,30+,31+,32+,33+,34+,35+,36-,37-,38-,39-,40+,41+,42+,43-,44-,45-,46-,47+,48+,49+,50+,51+,52+,53+,54-,55-,56-,57-,58-,60-,61+,62+,63-/m0/s1. The minimum Gasteiger partial charge on any atom is -0.394 e. The summed E-state index contributed by atoms with van der Waals surface area (Å²) in [6, 6.07) is 0. The lowest BCUT2D eigenvalue weighted by atomic mass is 9.35. The van der Waals surface area contributed by atoms with E-state index in [0.29, 0.717) is 44.9 Å². The lowest BCUT2D eigenvalue weighted by molar-refractivity contribution is -0.395. The summed E-state index contributed by atoms with van der Waals surface area (Å²) in [5, 5.41) is 197. The zero-order chi connectivity index (χ0) is 67.9. The largest absolute Gasteiger partial charge is 0.394 e. The Kier molecular flexibility index (Phi) is 23.1. The van der Waals surface area contributed by atoms with Gasteiger partial charge in [-0.15, -0.1) is 0 Å². The van der Waals surface area contributed by atoms with E-state index in [1.807, 2.05) is 20.8 Å². The molecule has 30 nitrogen and oxygen atoms in total. The maximum absolute atomic E-state index is 13.0. The molecule has 0 unspecified atom stereocenters. The Labute approximate surface area is 540 Å². The first-order chi connectivity index (χ1) is 43.7. The molecule has 4 saturated carbocycles. The first-order valence-electron chi connectivity index (χ1n) is 33.1. The van der Waals surface area contributed by atoms with Gasteiger partial charge in [-0.25, -0.2) is 0 Å². The van der Waals surface area contributed by atoms with Gasteiger partial charge in [0.25, 0.3) is 0 Å². The molecule has 30 heteroatoms. The molecule has 538 valence electrons. The maximum atomic E-state index is 13.0. The highest BCUT2D eigenvalue weighted by atomic mass is 16.8. The Balaban J connectivity index is 0.837. The molecule has 0 amide bonds. The summed E-state index contributed by atoms with van der Waals surface area (Å²) < 4.78 is 72.4. The van der Waals surface area contributed by atoms with Crippen molar-refractivity contribution in [2.45, 2.75) is 297 Å². The zero-order valence-electron chi connectivity index (χ0n) is 54.2. The van der Waals surface area contributed by atoms with E-state index in [1.54, 1.807) is 0 Å². The third kappa shape index (κ3) is 13.7. The second-order valence-electron chi connectivity index (χ2n) is 30.0. The number of hydrogen-bond acceptors (Lipinski definition) is 30. The molecule has 0 spiro atoms. The molecular formula is C63H106O30. The summed E-state index contributed by atoms with van der Waals surface area (Å²) in [6.45, 7) is 13.7. The van der Waals surface area contributed by atoms with Crippen LogP contribution in [0.1, 0.15) is 113 Å². The van der Waals surface area contributed by atoms with E-state index < -0.39 is 226 Å². The number of rotatable bonds is 19. The number of allylic oxidation sites excluding steroid dienone is 2. The van der Waals surface area contributed by atoms with E-state index in [0.717, 1.165) is 18.4 Å². The number of ether oxygens (including phenoxy) is 12. The molecule has 6 saturated heterocycles. The monoisotopic (exact) mass is 1340 g/mol. The van der Waals surface area contributed by atoms with Crippen LogP contribution in [-0.2, 0) is 56.8 Å². The van der Waals surface area contributed by atoms with Crippen molar-refractivity contribution in [3.05, 3.63) is 11.6 Å². The summed E-state index contributed by atoms with van der Waals surface area (Å²) in [6.07, 6.45) is -38.2. The molecule has 18 N–H and O–H groups in total. The summed E-state index contributed by atoms with van der Waals surface area (Å²) in [7, 11) is 0. The van der Waals surface area contributed by atoms with Gasteiger partial charge in [0.2, 0.25) is 0 Å². The lowest BCUT2D eigenvalue weighted by Crippen LogP contribution is -2.68. The third-order valence-electron chi connectivity index (χ3n) is 24.0. The van der Waals surface area contributed by atoms with Gasteiger partial charge in [0.1, 0.15) is 128 Å². The second-order valence-corrected chi connectivity index (χ2v) is 30.0. The SMILES string of the molecule is CC(C)=CCC[C@](C)(O[C@@H]1O[C@H](CO[C@@H]2OC[C@@H](O[C@@H]3OC[C@@H](O)[C@H](O)[C@H]3O)[C@H](O)[C@H]2O)[C@@H](O)[C@H](O)[C@H]1O)[C@H]1CC[C@]2(C)[C@@H]1[C@H](O)C[C@@H]1[C@@]3(C)CC[C@H](O[C@@H]4O[C@H](CO)[C@@H](O)[C@H](O)[C@H]4O[C@@H]4O[C@H](CO)[C@@H](O)[C@H](O)[C@H]4O[C@@H]4OC[C@@H](O)[C@H](O)[C@H]4O)C(C)(C)[C@H]3CC[C@]12C. The summed E-state index contributed by atoms with van der Waals surface area (Å²) in [4.78, 5) is 0. The van der Waals surface area contributed by atoms with Crippen LogP contribution in [0.4, 0.5) is 0 Å². The van der Waals surface area contributed by atoms with Gasteiger partial charge in [0.15, 0.2) is 37.7 Å². The molecule has 6 aliphatic heterocycles. The Morgan fingerprint density at radius 3 is 1.57 bits per heavy atom. The summed E-state index contributed by atoms with van der Waals surface area (Å²) in [5.74, 6) is -0.715. The normalized spacial score (nSPS) is 53.2. The van der Waals surface area contributed by atoms with E-state index in [1.165, 1.54) is 0 Å². The van der Waals surface area contributed by atoms with E-state index in [2.05, 4.69) is 40.7 Å². The number of fused-ring (bicyclic) bond motifs is 5. The molecule has 6 heterocycles. The van der Waals surface area contributed by atoms with Crippen molar-refractivity contribution in [2.75, 3.05) is 39.6 Å². The molecule has 0 radical (unpaired) electrons. The van der Waals surface area contributed by atoms with Crippen molar-refractivity contribution in [3.8, 4) is 0 Å². The van der Waals surface area contributed by atoms with Crippen LogP contribution in [0.25, 0.3) is 0 Å². The van der Waals surface area contributed by atoms with Crippen LogP contribution in [0.2, 0.25) is 0 Å². The Hall–Kier alpha value is -1.46. The van der Waals surface area contributed by atoms with Gasteiger partial charge in [0.05, 0.1) is 57.5 Å². The molecule has 10 rings (SSSR count). The van der Waals surface area contributed by atoms with Crippen LogP contribution in [0.5, 0.6) is 0 Å².